The first kappa shape index (κ1) is 14.7. The first-order chi connectivity index (χ1) is 9.29. The normalized spacial score (nSPS) is 19.9. The molecule has 1 N–H and O–H groups in total. The van der Waals surface area contributed by atoms with Gasteiger partial charge in [0, 0.05) is 38.0 Å². The number of nitro groups is 1. The van der Waals surface area contributed by atoms with Gasteiger partial charge in [-0.15, -0.1) is 0 Å². The van der Waals surface area contributed by atoms with Gasteiger partial charge in [0.2, 0.25) is 0 Å². The quantitative estimate of drug-likeness (QED) is 0.655. The Morgan fingerprint density at radius 2 is 2.15 bits per heavy atom. The van der Waals surface area contributed by atoms with Crippen LogP contribution in [0.15, 0.2) is 23.1 Å². The summed E-state index contributed by atoms with van der Waals surface area (Å²) in [5.74, 6) is 0. The SMILES string of the molecule is C[C@@H]1CN(c2ccc(S(C)(=O)=O)cc2[N+](=O)[O-])CCN1. The van der Waals surface area contributed by atoms with Crippen molar-refractivity contribution in [1.82, 2.24) is 5.32 Å². The monoisotopic (exact) mass is 299 g/mol. The van der Waals surface area contributed by atoms with E-state index in [1.165, 1.54) is 12.1 Å². The summed E-state index contributed by atoms with van der Waals surface area (Å²) >= 11 is 0. The molecule has 1 atom stereocenters. The topological polar surface area (TPSA) is 92.5 Å². The highest BCUT2D eigenvalue weighted by Gasteiger charge is 2.25. The summed E-state index contributed by atoms with van der Waals surface area (Å²) in [5.41, 5.74) is 0.303. The van der Waals surface area contributed by atoms with E-state index in [9.17, 15) is 18.5 Å². The maximum absolute atomic E-state index is 11.5. The fourth-order valence-corrected chi connectivity index (χ4v) is 2.94. The van der Waals surface area contributed by atoms with Crippen molar-refractivity contribution in [3.63, 3.8) is 0 Å². The molecule has 0 unspecified atom stereocenters. The molecule has 7 nitrogen and oxygen atoms in total. The Labute approximate surface area is 117 Å². The second kappa shape index (κ2) is 5.37. The summed E-state index contributed by atoms with van der Waals surface area (Å²) in [6, 6.07) is 4.31. The van der Waals surface area contributed by atoms with Crippen molar-refractivity contribution in [2.45, 2.75) is 17.9 Å². The van der Waals surface area contributed by atoms with Crippen LogP contribution in [0.25, 0.3) is 0 Å². The number of benzene rings is 1. The molecule has 1 aliphatic rings. The van der Waals surface area contributed by atoms with Gasteiger partial charge in [0.15, 0.2) is 9.84 Å². The number of sulfone groups is 1. The van der Waals surface area contributed by atoms with Crippen molar-refractivity contribution >= 4 is 21.2 Å². The van der Waals surface area contributed by atoms with Gasteiger partial charge in [-0.2, -0.15) is 0 Å². The van der Waals surface area contributed by atoms with Crippen LogP contribution in [0.5, 0.6) is 0 Å². The molecule has 0 bridgehead atoms. The first-order valence-electron chi connectivity index (χ1n) is 6.26. The number of hydrogen-bond donors (Lipinski definition) is 1. The van der Waals surface area contributed by atoms with Crippen molar-refractivity contribution in [2.24, 2.45) is 0 Å². The third-order valence-corrected chi connectivity index (χ3v) is 4.39. The zero-order valence-corrected chi connectivity index (χ0v) is 12.2. The molecule has 0 aliphatic carbocycles. The molecular formula is C12H17N3O4S. The molecule has 0 saturated carbocycles. The van der Waals surface area contributed by atoms with Gasteiger partial charge in [-0.25, -0.2) is 8.42 Å². The maximum Gasteiger partial charge on any atom is 0.293 e. The summed E-state index contributed by atoms with van der Waals surface area (Å²) in [5, 5.41) is 14.5. The number of anilines is 1. The lowest BCUT2D eigenvalue weighted by Crippen LogP contribution is -2.49. The second-order valence-electron chi connectivity index (χ2n) is 4.98. The van der Waals surface area contributed by atoms with Gasteiger partial charge in [0.25, 0.3) is 5.69 Å². The zero-order valence-electron chi connectivity index (χ0n) is 11.4. The summed E-state index contributed by atoms with van der Waals surface area (Å²) in [7, 11) is -3.45. The van der Waals surface area contributed by atoms with E-state index in [-0.39, 0.29) is 16.6 Å². The van der Waals surface area contributed by atoms with Gasteiger partial charge < -0.3 is 10.2 Å². The molecule has 0 radical (unpaired) electrons. The predicted molar refractivity (Wildman–Crippen MR) is 75.9 cm³/mol. The van der Waals surface area contributed by atoms with Crippen LogP contribution in [0.3, 0.4) is 0 Å². The van der Waals surface area contributed by atoms with Gasteiger partial charge in [0.1, 0.15) is 5.69 Å². The third kappa shape index (κ3) is 3.07. The molecule has 1 aromatic carbocycles. The number of nitro benzene ring substituents is 1. The Balaban J connectivity index is 2.45. The van der Waals surface area contributed by atoms with Crippen molar-refractivity contribution < 1.29 is 13.3 Å². The van der Waals surface area contributed by atoms with Gasteiger partial charge in [-0.05, 0) is 19.1 Å². The van der Waals surface area contributed by atoms with Crippen LogP contribution in [0.4, 0.5) is 11.4 Å². The standard InChI is InChI=1S/C12H17N3O4S/c1-9-8-14(6-5-13-9)11-4-3-10(20(2,18)19)7-12(11)15(16)17/h3-4,7,9,13H,5-6,8H2,1-2H3/t9-/m1/s1. The van der Waals surface area contributed by atoms with E-state index in [2.05, 4.69) is 5.32 Å². The van der Waals surface area contributed by atoms with E-state index in [0.29, 0.717) is 18.8 Å². The van der Waals surface area contributed by atoms with E-state index >= 15 is 0 Å². The van der Waals surface area contributed by atoms with E-state index < -0.39 is 14.8 Å². The maximum atomic E-state index is 11.5. The van der Waals surface area contributed by atoms with Crippen LogP contribution in [0, 0.1) is 10.1 Å². The number of rotatable bonds is 3. The average molecular weight is 299 g/mol. The van der Waals surface area contributed by atoms with Crippen molar-refractivity contribution in [3.05, 3.63) is 28.3 Å². The smallest absolute Gasteiger partial charge is 0.293 e. The second-order valence-corrected chi connectivity index (χ2v) is 7.00. The molecular weight excluding hydrogens is 282 g/mol. The molecule has 0 amide bonds. The lowest BCUT2D eigenvalue weighted by molar-refractivity contribution is -0.384. The lowest BCUT2D eigenvalue weighted by Gasteiger charge is -2.33. The summed E-state index contributed by atoms with van der Waals surface area (Å²) < 4.78 is 23.0. The molecule has 1 fully saturated rings. The Bertz CT molecular complexity index is 630. The number of hydrogen-bond acceptors (Lipinski definition) is 6. The molecule has 110 valence electrons. The number of piperazine rings is 1. The molecule has 1 aromatic rings. The fraction of sp³-hybridized carbons (Fsp3) is 0.500. The Kier molecular flexibility index (Phi) is 3.96. The minimum atomic E-state index is -3.45. The third-order valence-electron chi connectivity index (χ3n) is 3.28. The summed E-state index contributed by atoms with van der Waals surface area (Å²) in [6.45, 7) is 4.05. The molecule has 20 heavy (non-hydrogen) atoms. The van der Waals surface area contributed by atoms with E-state index in [0.717, 1.165) is 18.9 Å². The number of nitrogens with zero attached hydrogens (tertiary/aromatic N) is 2. The van der Waals surface area contributed by atoms with Crippen LogP contribution < -0.4 is 10.2 Å². The van der Waals surface area contributed by atoms with E-state index in [1.807, 2.05) is 11.8 Å². The van der Waals surface area contributed by atoms with Crippen LogP contribution >= 0.6 is 0 Å². The molecule has 0 spiro atoms. The van der Waals surface area contributed by atoms with E-state index in [4.69, 9.17) is 0 Å². The first-order valence-corrected chi connectivity index (χ1v) is 8.15. The van der Waals surface area contributed by atoms with Gasteiger partial charge in [-0.1, -0.05) is 0 Å². The molecule has 2 rings (SSSR count). The van der Waals surface area contributed by atoms with Crippen LogP contribution in [-0.2, 0) is 9.84 Å². The highest BCUT2D eigenvalue weighted by molar-refractivity contribution is 7.90. The molecule has 1 aliphatic heterocycles. The minimum absolute atomic E-state index is 0.0314. The van der Waals surface area contributed by atoms with Gasteiger partial charge in [0.05, 0.1) is 9.82 Å². The highest BCUT2D eigenvalue weighted by atomic mass is 32.2. The Morgan fingerprint density at radius 3 is 2.70 bits per heavy atom. The average Bonchev–Trinajstić information content (AvgIpc) is 2.37. The van der Waals surface area contributed by atoms with Crippen molar-refractivity contribution in [3.8, 4) is 0 Å². The summed E-state index contributed by atoms with van der Waals surface area (Å²) in [6.07, 6.45) is 1.04. The lowest BCUT2D eigenvalue weighted by atomic mass is 10.2. The van der Waals surface area contributed by atoms with Crippen LogP contribution in [0.1, 0.15) is 6.92 Å². The van der Waals surface area contributed by atoms with Crippen molar-refractivity contribution in [1.29, 1.82) is 0 Å². The van der Waals surface area contributed by atoms with Crippen molar-refractivity contribution in [2.75, 3.05) is 30.8 Å². The molecule has 1 heterocycles. The minimum Gasteiger partial charge on any atom is -0.363 e. The van der Waals surface area contributed by atoms with Gasteiger partial charge >= 0.3 is 0 Å². The molecule has 0 aromatic heterocycles. The summed E-state index contributed by atoms with van der Waals surface area (Å²) in [4.78, 5) is 12.5. The Hall–Kier alpha value is -1.67. The predicted octanol–water partition coefficient (Wildman–Crippen LogP) is 0.796. The Morgan fingerprint density at radius 1 is 1.45 bits per heavy atom. The van der Waals surface area contributed by atoms with Gasteiger partial charge in [-0.3, -0.25) is 10.1 Å². The molecule has 8 heteroatoms. The largest absolute Gasteiger partial charge is 0.363 e. The number of nitrogens with one attached hydrogen (secondary N) is 1. The molecule has 1 saturated heterocycles. The zero-order chi connectivity index (χ0) is 14.9. The van der Waals surface area contributed by atoms with Crippen LogP contribution in [-0.4, -0.2) is 45.3 Å². The highest BCUT2D eigenvalue weighted by Crippen LogP contribution is 2.31. The van der Waals surface area contributed by atoms with E-state index in [1.54, 1.807) is 0 Å². The fourth-order valence-electron chi connectivity index (χ4n) is 2.30. The van der Waals surface area contributed by atoms with Crippen LogP contribution in [0.2, 0.25) is 0 Å².